The first-order valence-corrected chi connectivity index (χ1v) is 11.7. The van der Waals surface area contributed by atoms with E-state index in [4.69, 9.17) is 19.7 Å². The zero-order valence-electron chi connectivity index (χ0n) is 21.3. The number of benzene rings is 2. The van der Waals surface area contributed by atoms with Crippen molar-refractivity contribution in [3.63, 3.8) is 0 Å². The third-order valence-corrected chi connectivity index (χ3v) is 4.52. The maximum atomic E-state index is 14.4. The molecule has 3 aromatic rings. The average Bonchev–Trinajstić information content (AvgIpc) is 2.85. The summed E-state index contributed by atoms with van der Waals surface area (Å²) in [4.78, 5) is 22.9. The van der Waals surface area contributed by atoms with Crippen molar-refractivity contribution in [1.29, 1.82) is 0 Å². The SMILES string of the molecule is CC(C)(C)OC(=O)Nc1cccc(Nc2nc(Nc3ccc(OCCOCCN=[N+]=[N-])cc3)ncc2F)c1. The molecule has 0 spiro atoms. The molecule has 0 bridgehead atoms. The fourth-order valence-electron chi connectivity index (χ4n) is 2.98. The quantitative estimate of drug-likeness (QED) is 0.110. The van der Waals surface area contributed by atoms with Crippen LogP contribution in [-0.2, 0) is 9.47 Å². The number of ether oxygens (including phenoxy) is 3. The van der Waals surface area contributed by atoms with E-state index in [0.717, 1.165) is 6.20 Å². The topological polar surface area (TPSA) is 155 Å². The number of carbonyl (C=O) groups is 1. The van der Waals surface area contributed by atoms with Crippen LogP contribution in [-0.4, -0.2) is 48.0 Å². The van der Waals surface area contributed by atoms with Gasteiger partial charge in [-0.2, -0.15) is 4.98 Å². The zero-order chi connectivity index (χ0) is 27.4. The normalized spacial score (nSPS) is 10.7. The molecule has 13 heteroatoms. The Morgan fingerprint density at radius 3 is 2.55 bits per heavy atom. The third kappa shape index (κ3) is 9.80. The van der Waals surface area contributed by atoms with Gasteiger partial charge in [-0.3, -0.25) is 5.32 Å². The van der Waals surface area contributed by atoms with Crippen LogP contribution >= 0.6 is 0 Å². The number of anilines is 5. The van der Waals surface area contributed by atoms with Crippen LogP contribution in [0.15, 0.2) is 59.8 Å². The van der Waals surface area contributed by atoms with Gasteiger partial charge in [-0.05, 0) is 68.8 Å². The molecule has 0 aliphatic carbocycles. The van der Waals surface area contributed by atoms with Crippen molar-refractivity contribution >= 4 is 34.9 Å². The molecule has 200 valence electrons. The van der Waals surface area contributed by atoms with Gasteiger partial charge in [-0.1, -0.05) is 11.2 Å². The number of hydrogen-bond acceptors (Lipinski definition) is 9. The number of hydrogen-bond donors (Lipinski definition) is 3. The van der Waals surface area contributed by atoms with Crippen molar-refractivity contribution in [2.45, 2.75) is 26.4 Å². The first kappa shape index (κ1) is 28.0. The van der Waals surface area contributed by atoms with Crippen molar-refractivity contribution < 1.29 is 23.4 Å². The second-order valence-electron chi connectivity index (χ2n) is 8.79. The molecular weight excluding hydrogens is 495 g/mol. The number of rotatable bonds is 12. The minimum Gasteiger partial charge on any atom is -0.491 e. The van der Waals surface area contributed by atoms with E-state index in [1.54, 1.807) is 69.3 Å². The molecule has 38 heavy (non-hydrogen) atoms. The van der Waals surface area contributed by atoms with Crippen LogP contribution in [0.1, 0.15) is 20.8 Å². The van der Waals surface area contributed by atoms with Crippen LogP contribution in [0.3, 0.4) is 0 Å². The average molecular weight is 525 g/mol. The van der Waals surface area contributed by atoms with Gasteiger partial charge in [0.25, 0.3) is 0 Å². The fourth-order valence-corrected chi connectivity index (χ4v) is 2.98. The van der Waals surface area contributed by atoms with Gasteiger partial charge in [0.15, 0.2) is 11.6 Å². The summed E-state index contributed by atoms with van der Waals surface area (Å²) in [5.41, 5.74) is 9.22. The molecule has 0 unspecified atom stereocenters. The molecule has 2 aromatic carbocycles. The summed E-state index contributed by atoms with van der Waals surface area (Å²) in [5, 5.41) is 11.9. The number of carbonyl (C=O) groups excluding carboxylic acids is 1. The van der Waals surface area contributed by atoms with Gasteiger partial charge >= 0.3 is 6.09 Å². The summed E-state index contributed by atoms with van der Waals surface area (Å²) in [5.74, 6) is 0.124. The highest BCUT2D eigenvalue weighted by Gasteiger charge is 2.16. The molecule has 3 N–H and O–H groups in total. The van der Waals surface area contributed by atoms with E-state index in [-0.39, 0.29) is 18.3 Å². The summed E-state index contributed by atoms with van der Waals surface area (Å²) in [6, 6.07) is 13.8. The molecule has 0 fully saturated rings. The Kier molecular flexibility index (Phi) is 10.0. The van der Waals surface area contributed by atoms with Crippen molar-refractivity contribution in [2.75, 3.05) is 42.3 Å². The van der Waals surface area contributed by atoms with Crippen molar-refractivity contribution in [1.82, 2.24) is 9.97 Å². The lowest BCUT2D eigenvalue weighted by Crippen LogP contribution is -2.27. The van der Waals surface area contributed by atoms with Gasteiger partial charge in [-0.25, -0.2) is 14.2 Å². The molecule has 1 amide bonds. The van der Waals surface area contributed by atoms with Crippen molar-refractivity contribution in [3.05, 3.63) is 71.0 Å². The number of halogens is 1. The summed E-state index contributed by atoms with van der Waals surface area (Å²) in [7, 11) is 0. The summed E-state index contributed by atoms with van der Waals surface area (Å²) in [6.45, 7) is 6.62. The Hall–Kier alpha value is -4.61. The highest BCUT2D eigenvalue weighted by atomic mass is 19.1. The molecule has 0 saturated heterocycles. The van der Waals surface area contributed by atoms with Gasteiger partial charge in [0.1, 0.15) is 18.0 Å². The van der Waals surface area contributed by atoms with Crippen molar-refractivity contribution in [3.8, 4) is 5.75 Å². The Morgan fingerprint density at radius 2 is 1.82 bits per heavy atom. The molecule has 0 aliphatic heterocycles. The van der Waals surface area contributed by atoms with E-state index in [2.05, 4.69) is 35.9 Å². The van der Waals surface area contributed by atoms with Crippen LogP contribution in [0.5, 0.6) is 5.75 Å². The van der Waals surface area contributed by atoms with Crippen LogP contribution in [0.25, 0.3) is 10.4 Å². The number of nitrogens with zero attached hydrogens (tertiary/aromatic N) is 5. The largest absolute Gasteiger partial charge is 0.491 e. The van der Waals surface area contributed by atoms with Crippen LogP contribution < -0.4 is 20.7 Å². The highest BCUT2D eigenvalue weighted by Crippen LogP contribution is 2.24. The van der Waals surface area contributed by atoms with E-state index in [1.807, 2.05) is 0 Å². The number of aromatic nitrogens is 2. The summed E-state index contributed by atoms with van der Waals surface area (Å²) in [6.07, 6.45) is 0.459. The van der Waals surface area contributed by atoms with E-state index in [0.29, 0.717) is 42.6 Å². The zero-order valence-corrected chi connectivity index (χ0v) is 21.3. The summed E-state index contributed by atoms with van der Waals surface area (Å²) >= 11 is 0. The minimum atomic E-state index is -0.647. The van der Waals surface area contributed by atoms with E-state index < -0.39 is 17.5 Å². The Labute approximate surface area is 219 Å². The molecule has 1 heterocycles. The van der Waals surface area contributed by atoms with E-state index in [1.165, 1.54) is 0 Å². The predicted molar refractivity (Wildman–Crippen MR) is 142 cm³/mol. The monoisotopic (exact) mass is 524 g/mol. The smallest absolute Gasteiger partial charge is 0.412 e. The van der Waals surface area contributed by atoms with Gasteiger partial charge in [0.2, 0.25) is 5.95 Å². The molecule has 0 aliphatic rings. The van der Waals surface area contributed by atoms with Gasteiger partial charge in [0, 0.05) is 28.5 Å². The number of nitrogens with one attached hydrogen (secondary N) is 3. The molecule has 12 nitrogen and oxygen atoms in total. The lowest BCUT2D eigenvalue weighted by Gasteiger charge is -2.19. The van der Waals surface area contributed by atoms with Gasteiger partial charge in [-0.15, -0.1) is 0 Å². The summed E-state index contributed by atoms with van der Waals surface area (Å²) < 4.78 is 30.6. The maximum absolute atomic E-state index is 14.4. The number of azide groups is 1. The van der Waals surface area contributed by atoms with Crippen LogP contribution in [0, 0.1) is 5.82 Å². The lowest BCUT2D eigenvalue weighted by atomic mass is 10.2. The molecule has 3 rings (SSSR count). The lowest BCUT2D eigenvalue weighted by molar-refractivity contribution is 0.0636. The first-order valence-electron chi connectivity index (χ1n) is 11.7. The molecule has 1 aromatic heterocycles. The van der Waals surface area contributed by atoms with Gasteiger partial charge in [0.05, 0.1) is 19.4 Å². The van der Waals surface area contributed by atoms with E-state index in [9.17, 15) is 9.18 Å². The Balaban J connectivity index is 1.56. The Bertz CT molecular complexity index is 1260. The van der Waals surface area contributed by atoms with Crippen LogP contribution in [0.4, 0.5) is 38.0 Å². The molecule has 0 radical (unpaired) electrons. The van der Waals surface area contributed by atoms with Gasteiger partial charge < -0.3 is 24.8 Å². The molecule has 0 atom stereocenters. The third-order valence-electron chi connectivity index (χ3n) is 4.52. The number of amides is 1. The second-order valence-corrected chi connectivity index (χ2v) is 8.79. The first-order chi connectivity index (χ1) is 18.2. The molecule has 0 saturated carbocycles. The van der Waals surface area contributed by atoms with Crippen molar-refractivity contribution in [2.24, 2.45) is 5.11 Å². The standard InChI is InChI=1S/C25H29FN8O4/c1-25(2,3)38-24(35)32-19-6-4-5-18(15-19)30-22-21(26)16-28-23(33-22)31-17-7-9-20(10-8-17)37-14-13-36-12-11-29-34-27/h4-10,15-16H,11-14H2,1-3H3,(H,32,35)(H2,28,30,31,33). The minimum absolute atomic E-state index is 0.0441. The maximum Gasteiger partial charge on any atom is 0.412 e. The fraction of sp³-hybridized carbons (Fsp3) is 0.320. The van der Waals surface area contributed by atoms with E-state index >= 15 is 0 Å². The predicted octanol–water partition coefficient (Wildman–Crippen LogP) is 6.16. The Morgan fingerprint density at radius 1 is 1.05 bits per heavy atom. The van der Waals surface area contributed by atoms with Crippen LogP contribution in [0.2, 0.25) is 0 Å². The molecular formula is C25H29FN8O4. The second kappa shape index (κ2) is 13.6. The highest BCUT2D eigenvalue weighted by molar-refractivity contribution is 5.85.